The first-order valence-corrected chi connectivity index (χ1v) is 6.59. The first-order valence-electron chi connectivity index (χ1n) is 6.59. The van der Waals surface area contributed by atoms with Crippen molar-refractivity contribution in [1.29, 1.82) is 0 Å². The molecule has 0 amide bonds. The third-order valence-electron chi connectivity index (χ3n) is 2.73. The highest BCUT2D eigenvalue weighted by Crippen LogP contribution is 2.14. The van der Waals surface area contributed by atoms with Crippen LogP contribution < -0.4 is 10.2 Å². The number of aliphatic hydroxyl groups is 1. The summed E-state index contributed by atoms with van der Waals surface area (Å²) in [5.74, 6) is 2.48. The summed E-state index contributed by atoms with van der Waals surface area (Å²) in [7, 11) is 6.06. The lowest BCUT2D eigenvalue weighted by atomic mass is 10.4. The van der Waals surface area contributed by atoms with Gasteiger partial charge in [-0.05, 0) is 27.4 Å². The van der Waals surface area contributed by atoms with Gasteiger partial charge < -0.3 is 20.2 Å². The molecule has 0 saturated heterocycles. The van der Waals surface area contributed by atoms with E-state index in [9.17, 15) is 0 Å². The number of hydrogen-bond donors (Lipinski definition) is 2. The predicted octanol–water partition coefficient (Wildman–Crippen LogP) is 0.577. The van der Waals surface area contributed by atoms with Crippen LogP contribution in [0.5, 0.6) is 0 Å². The molecule has 19 heavy (non-hydrogen) atoms. The Morgan fingerprint density at radius 3 is 2.58 bits per heavy atom. The minimum Gasteiger partial charge on any atom is -0.396 e. The number of aliphatic hydroxyl groups excluding tert-OH is 1. The number of nitrogens with zero attached hydrogens (tertiary/aromatic N) is 4. The Morgan fingerprint density at radius 2 is 1.95 bits per heavy atom. The number of rotatable bonds is 8. The second-order valence-electron chi connectivity index (χ2n) is 4.89. The number of likely N-dealkylation sites (N-methyl/N-ethyl adjacent to an activating group) is 1. The van der Waals surface area contributed by atoms with Crippen molar-refractivity contribution in [2.45, 2.75) is 13.3 Å². The fraction of sp³-hybridized carbons (Fsp3) is 0.692. The molecule has 0 fully saturated rings. The molecule has 0 saturated carbocycles. The number of aryl methyl sites for hydroxylation is 1. The molecule has 0 aromatic carbocycles. The molecule has 0 aliphatic rings. The maximum Gasteiger partial charge on any atom is 0.134 e. The van der Waals surface area contributed by atoms with Gasteiger partial charge in [-0.3, -0.25) is 0 Å². The summed E-state index contributed by atoms with van der Waals surface area (Å²) < 4.78 is 0. The Hall–Kier alpha value is -1.40. The van der Waals surface area contributed by atoms with Crippen LogP contribution in [0, 0.1) is 6.92 Å². The molecule has 0 aliphatic heterocycles. The van der Waals surface area contributed by atoms with Crippen molar-refractivity contribution in [1.82, 2.24) is 14.9 Å². The minimum atomic E-state index is 0.197. The van der Waals surface area contributed by atoms with Gasteiger partial charge in [0, 0.05) is 39.4 Å². The van der Waals surface area contributed by atoms with Gasteiger partial charge in [0.05, 0.1) is 0 Å². The molecule has 0 atom stereocenters. The normalized spacial score (nSPS) is 10.8. The SMILES string of the molecule is Cc1nc(NCCN(C)C)cc(N(C)CCCO)n1. The molecule has 1 aromatic heterocycles. The van der Waals surface area contributed by atoms with E-state index in [-0.39, 0.29) is 6.61 Å². The Bertz CT molecular complexity index is 383. The molecule has 108 valence electrons. The number of anilines is 2. The highest BCUT2D eigenvalue weighted by molar-refractivity contribution is 5.48. The van der Waals surface area contributed by atoms with E-state index < -0.39 is 0 Å². The van der Waals surface area contributed by atoms with Gasteiger partial charge in [-0.2, -0.15) is 0 Å². The van der Waals surface area contributed by atoms with Crippen LogP contribution in [0.2, 0.25) is 0 Å². The van der Waals surface area contributed by atoms with E-state index in [0.717, 1.165) is 43.5 Å². The zero-order valence-corrected chi connectivity index (χ0v) is 12.3. The lowest BCUT2D eigenvalue weighted by Gasteiger charge is -2.19. The molecule has 2 N–H and O–H groups in total. The first-order chi connectivity index (χ1) is 9.02. The summed E-state index contributed by atoms with van der Waals surface area (Å²) in [5.41, 5.74) is 0. The van der Waals surface area contributed by atoms with Gasteiger partial charge in [0.15, 0.2) is 0 Å². The van der Waals surface area contributed by atoms with E-state index >= 15 is 0 Å². The zero-order chi connectivity index (χ0) is 14.3. The highest BCUT2D eigenvalue weighted by Gasteiger charge is 2.06. The smallest absolute Gasteiger partial charge is 0.134 e. The molecule has 1 aromatic rings. The molecule has 6 nitrogen and oxygen atoms in total. The van der Waals surface area contributed by atoms with Gasteiger partial charge in [-0.15, -0.1) is 0 Å². The standard InChI is InChI=1S/C13H25N5O/c1-11-15-12(14-6-8-17(2)3)10-13(16-11)18(4)7-5-9-19/h10,19H,5-9H2,1-4H3,(H,14,15,16). The summed E-state index contributed by atoms with van der Waals surface area (Å²) in [6, 6.07) is 1.94. The second-order valence-corrected chi connectivity index (χ2v) is 4.89. The van der Waals surface area contributed by atoms with Gasteiger partial charge >= 0.3 is 0 Å². The summed E-state index contributed by atoms with van der Waals surface area (Å²) >= 11 is 0. The third-order valence-corrected chi connectivity index (χ3v) is 2.73. The first kappa shape index (κ1) is 15.7. The average Bonchev–Trinajstić information content (AvgIpc) is 2.34. The van der Waals surface area contributed by atoms with Gasteiger partial charge in [0.2, 0.25) is 0 Å². The van der Waals surface area contributed by atoms with Crippen molar-refractivity contribution in [3.63, 3.8) is 0 Å². The van der Waals surface area contributed by atoms with Crippen LogP contribution in [0.3, 0.4) is 0 Å². The topological polar surface area (TPSA) is 64.5 Å². The molecular weight excluding hydrogens is 242 g/mol. The van der Waals surface area contributed by atoms with E-state index in [1.54, 1.807) is 0 Å². The predicted molar refractivity (Wildman–Crippen MR) is 78.8 cm³/mol. The van der Waals surface area contributed by atoms with Crippen molar-refractivity contribution in [2.24, 2.45) is 0 Å². The third kappa shape index (κ3) is 5.85. The van der Waals surface area contributed by atoms with E-state index in [2.05, 4.69) is 20.2 Å². The Labute approximate surface area is 115 Å². The van der Waals surface area contributed by atoms with Crippen molar-refractivity contribution in [2.75, 3.05) is 57.6 Å². The Balaban J connectivity index is 2.65. The molecule has 0 bridgehead atoms. The van der Waals surface area contributed by atoms with Crippen LogP contribution in [0.25, 0.3) is 0 Å². The van der Waals surface area contributed by atoms with Gasteiger partial charge in [0.1, 0.15) is 17.5 Å². The fourth-order valence-corrected chi connectivity index (χ4v) is 1.67. The van der Waals surface area contributed by atoms with Gasteiger partial charge in [0.25, 0.3) is 0 Å². The van der Waals surface area contributed by atoms with Crippen molar-refractivity contribution in [3.8, 4) is 0 Å². The summed E-state index contributed by atoms with van der Waals surface area (Å²) in [4.78, 5) is 12.9. The fourth-order valence-electron chi connectivity index (χ4n) is 1.67. The van der Waals surface area contributed by atoms with Gasteiger partial charge in [-0.1, -0.05) is 0 Å². The molecule has 0 radical (unpaired) electrons. The summed E-state index contributed by atoms with van der Waals surface area (Å²) in [6.07, 6.45) is 0.739. The molecule has 0 aliphatic carbocycles. The van der Waals surface area contributed by atoms with Crippen LogP contribution in [0.1, 0.15) is 12.2 Å². The van der Waals surface area contributed by atoms with Crippen molar-refractivity contribution < 1.29 is 5.11 Å². The van der Waals surface area contributed by atoms with Gasteiger partial charge in [-0.25, -0.2) is 9.97 Å². The molecule has 1 rings (SSSR count). The molecular formula is C13H25N5O. The highest BCUT2D eigenvalue weighted by atomic mass is 16.3. The quantitative estimate of drug-likeness (QED) is 0.718. The van der Waals surface area contributed by atoms with E-state index in [0.29, 0.717) is 0 Å². The lowest BCUT2D eigenvalue weighted by Crippen LogP contribution is -2.23. The Morgan fingerprint density at radius 1 is 1.21 bits per heavy atom. The van der Waals surface area contributed by atoms with Crippen LogP contribution >= 0.6 is 0 Å². The van der Waals surface area contributed by atoms with E-state index in [1.165, 1.54) is 0 Å². The summed E-state index contributed by atoms with van der Waals surface area (Å²) in [6.45, 7) is 4.68. The maximum atomic E-state index is 8.86. The van der Waals surface area contributed by atoms with Crippen molar-refractivity contribution in [3.05, 3.63) is 11.9 Å². The average molecular weight is 267 g/mol. The number of nitrogens with one attached hydrogen (secondary N) is 1. The maximum absolute atomic E-state index is 8.86. The molecule has 0 spiro atoms. The Kier molecular flexibility index (Phi) is 6.52. The van der Waals surface area contributed by atoms with E-state index in [1.807, 2.05) is 39.0 Å². The second kappa shape index (κ2) is 7.91. The number of hydrogen-bond acceptors (Lipinski definition) is 6. The van der Waals surface area contributed by atoms with E-state index in [4.69, 9.17) is 5.11 Å². The zero-order valence-electron chi connectivity index (χ0n) is 12.3. The van der Waals surface area contributed by atoms with Crippen LogP contribution in [-0.4, -0.2) is 67.4 Å². The molecule has 1 heterocycles. The molecule has 6 heteroatoms. The largest absolute Gasteiger partial charge is 0.396 e. The number of aromatic nitrogens is 2. The lowest BCUT2D eigenvalue weighted by molar-refractivity contribution is 0.290. The van der Waals surface area contributed by atoms with Crippen molar-refractivity contribution >= 4 is 11.6 Å². The van der Waals surface area contributed by atoms with Crippen LogP contribution in [0.15, 0.2) is 6.07 Å². The monoisotopic (exact) mass is 267 g/mol. The van der Waals surface area contributed by atoms with Crippen LogP contribution in [0.4, 0.5) is 11.6 Å². The van der Waals surface area contributed by atoms with Crippen LogP contribution in [-0.2, 0) is 0 Å². The minimum absolute atomic E-state index is 0.197. The molecule has 0 unspecified atom stereocenters. The summed E-state index contributed by atoms with van der Waals surface area (Å²) in [5, 5.41) is 12.2.